The summed E-state index contributed by atoms with van der Waals surface area (Å²) in [5.41, 5.74) is 1.87. The monoisotopic (exact) mass is 264 g/mol. The number of aryl methyl sites for hydroxylation is 1. The van der Waals surface area contributed by atoms with Crippen LogP contribution in [-0.4, -0.2) is 5.78 Å². The number of benzene rings is 1. The van der Waals surface area contributed by atoms with Crippen molar-refractivity contribution in [1.29, 1.82) is 0 Å². The number of carbonyl (C=O) groups excluding carboxylic acids is 1. The predicted molar refractivity (Wildman–Crippen MR) is 76.3 cm³/mol. The second-order valence-corrected chi connectivity index (χ2v) is 5.89. The van der Waals surface area contributed by atoms with Gasteiger partial charge in [0.2, 0.25) is 0 Å². The Bertz CT molecular complexity index is 431. The van der Waals surface area contributed by atoms with Gasteiger partial charge in [0.25, 0.3) is 0 Å². The van der Waals surface area contributed by atoms with Crippen molar-refractivity contribution in [2.24, 2.45) is 11.8 Å². The quantitative estimate of drug-likeness (QED) is 0.699. The van der Waals surface area contributed by atoms with Crippen LogP contribution >= 0.6 is 11.6 Å². The molecule has 1 nitrogen and oxygen atoms in total. The number of halogens is 1. The van der Waals surface area contributed by atoms with Crippen molar-refractivity contribution in [3.05, 3.63) is 34.3 Å². The lowest BCUT2D eigenvalue weighted by molar-refractivity contribution is 0.0870. The molecule has 18 heavy (non-hydrogen) atoms. The summed E-state index contributed by atoms with van der Waals surface area (Å²) in [5.74, 6) is 1.38. The highest BCUT2D eigenvalue weighted by Gasteiger charge is 2.26. The number of carbonyl (C=O) groups is 1. The van der Waals surface area contributed by atoms with E-state index >= 15 is 0 Å². The molecule has 0 radical (unpaired) electrons. The number of rotatable bonds is 3. The summed E-state index contributed by atoms with van der Waals surface area (Å²) in [6.07, 6.45) is 5.78. The molecule has 2 heteroatoms. The Labute approximate surface area is 115 Å². The summed E-state index contributed by atoms with van der Waals surface area (Å²) >= 11 is 5.93. The van der Waals surface area contributed by atoms with E-state index in [1.807, 2.05) is 25.1 Å². The molecule has 0 unspecified atom stereocenters. The number of hydrogen-bond donors (Lipinski definition) is 0. The molecule has 0 atom stereocenters. The zero-order chi connectivity index (χ0) is 13.1. The molecular weight excluding hydrogens is 244 g/mol. The van der Waals surface area contributed by atoms with E-state index in [2.05, 4.69) is 6.92 Å². The van der Waals surface area contributed by atoms with Crippen molar-refractivity contribution in [2.75, 3.05) is 0 Å². The van der Waals surface area contributed by atoms with Crippen molar-refractivity contribution in [2.45, 2.75) is 46.0 Å². The normalized spacial score (nSPS) is 23.9. The molecule has 0 N–H and O–H groups in total. The summed E-state index contributed by atoms with van der Waals surface area (Å²) in [6, 6.07) is 5.58. The third kappa shape index (κ3) is 2.95. The summed E-state index contributed by atoms with van der Waals surface area (Å²) in [7, 11) is 0. The van der Waals surface area contributed by atoms with Crippen LogP contribution in [0.3, 0.4) is 0 Å². The van der Waals surface area contributed by atoms with Crippen LogP contribution in [0.15, 0.2) is 18.2 Å². The zero-order valence-electron chi connectivity index (χ0n) is 11.2. The maximum Gasteiger partial charge on any atom is 0.166 e. The molecule has 1 aliphatic rings. The van der Waals surface area contributed by atoms with Crippen LogP contribution in [0.1, 0.15) is 54.9 Å². The van der Waals surface area contributed by atoms with E-state index in [9.17, 15) is 4.79 Å². The molecular formula is C16H21ClO. The van der Waals surface area contributed by atoms with Gasteiger partial charge in [0.15, 0.2) is 5.78 Å². The first-order valence-electron chi connectivity index (χ1n) is 6.92. The summed E-state index contributed by atoms with van der Waals surface area (Å²) in [5, 5.41) is 0.707. The highest BCUT2D eigenvalue weighted by atomic mass is 35.5. The number of hydrogen-bond acceptors (Lipinski definition) is 1. The van der Waals surface area contributed by atoms with Crippen molar-refractivity contribution in [1.82, 2.24) is 0 Å². The van der Waals surface area contributed by atoms with Crippen LogP contribution in [0, 0.1) is 18.8 Å². The van der Waals surface area contributed by atoms with E-state index in [4.69, 9.17) is 11.6 Å². The minimum Gasteiger partial charge on any atom is -0.294 e. The Balaban J connectivity index is 2.08. The van der Waals surface area contributed by atoms with Crippen LogP contribution in [-0.2, 0) is 0 Å². The smallest absolute Gasteiger partial charge is 0.166 e. The highest BCUT2D eigenvalue weighted by molar-refractivity contribution is 6.30. The number of ketones is 1. The zero-order valence-corrected chi connectivity index (χ0v) is 12.0. The lowest BCUT2D eigenvalue weighted by Gasteiger charge is -2.27. The van der Waals surface area contributed by atoms with Gasteiger partial charge in [-0.3, -0.25) is 4.79 Å². The Morgan fingerprint density at radius 2 is 1.94 bits per heavy atom. The topological polar surface area (TPSA) is 17.1 Å². The molecule has 1 saturated carbocycles. The van der Waals surface area contributed by atoms with Gasteiger partial charge < -0.3 is 0 Å². The Hall–Kier alpha value is -0.820. The van der Waals surface area contributed by atoms with Gasteiger partial charge in [0.1, 0.15) is 0 Å². The molecule has 1 aromatic rings. The molecule has 0 spiro atoms. The van der Waals surface area contributed by atoms with E-state index < -0.39 is 0 Å². The first kappa shape index (κ1) is 13.6. The Morgan fingerprint density at radius 3 is 2.50 bits per heavy atom. The largest absolute Gasteiger partial charge is 0.294 e. The average Bonchev–Trinajstić information content (AvgIpc) is 2.38. The summed E-state index contributed by atoms with van der Waals surface area (Å²) in [6.45, 7) is 4.22. The molecule has 0 aromatic heterocycles. The van der Waals surface area contributed by atoms with Crippen LogP contribution in [0.5, 0.6) is 0 Å². The van der Waals surface area contributed by atoms with Crippen molar-refractivity contribution >= 4 is 17.4 Å². The Morgan fingerprint density at radius 1 is 1.28 bits per heavy atom. The fraction of sp³-hybridized carbons (Fsp3) is 0.562. The van der Waals surface area contributed by atoms with Gasteiger partial charge in [-0.25, -0.2) is 0 Å². The minimum absolute atomic E-state index is 0.229. The first-order chi connectivity index (χ1) is 8.61. The third-order valence-corrected chi connectivity index (χ3v) is 4.48. The summed E-state index contributed by atoms with van der Waals surface area (Å²) in [4.78, 5) is 12.5. The maximum absolute atomic E-state index is 12.5. The van der Waals surface area contributed by atoms with E-state index in [-0.39, 0.29) is 5.92 Å². The van der Waals surface area contributed by atoms with Crippen LogP contribution < -0.4 is 0 Å². The molecule has 98 valence electrons. The molecule has 0 heterocycles. The van der Waals surface area contributed by atoms with E-state index in [1.165, 1.54) is 19.3 Å². The predicted octanol–water partition coefficient (Wildman–Crippen LogP) is 5.05. The van der Waals surface area contributed by atoms with Crippen molar-refractivity contribution < 1.29 is 4.79 Å². The standard InChI is InChI=1S/C16H21ClO/c1-3-12-4-6-13(7-5-12)16(18)15-9-8-14(17)10-11(15)2/h8-10,12-13H,3-7H2,1-2H3. The highest BCUT2D eigenvalue weighted by Crippen LogP contribution is 2.33. The summed E-state index contributed by atoms with van der Waals surface area (Å²) < 4.78 is 0. The average molecular weight is 265 g/mol. The Kier molecular flexibility index (Phi) is 4.45. The molecule has 2 rings (SSSR count). The number of Topliss-reactive ketones (excluding diaryl/α,β-unsaturated/α-hetero) is 1. The van der Waals surface area contributed by atoms with Gasteiger partial charge in [-0.1, -0.05) is 24.9 Å². The molecule has 0 aliphatic heterocycles. The molecule has 0 bridgehead atoms. The SMILES string of the molecule is CCC1CCC(C(=O)c2ccc(Cl)cc2C)CC1. The van der Waals surface area contributed by atoms with Gasteiger partial charge in [0.05, 0.1) is 0 Å². The van der Waals surface area contributed by atoms with E-state index in [0.29, 0.717) is 10.8 Å². The maximum atomic E-state index is 12.5. The van der Waals surface area contributed by atoms with Crippen LogP contribution in [0.4, 0.5) is 0 Å². The molecule has 0 saturated heterocycles. The third-order valence-electron chi connectivity index (χ3n) is 4.25. The molecule has 1 aromatic carbocycles. The van der Waals surface area contributed by atoms with Gasteiger partial charge in [0, 0.05) is 16.5 Å². The fourth-order valence-electron chi connectivity index (χ4n) is 2.96. The van der Waals surface area contributed by atoms with Gasteiger partial charge >= 0.3 is 0 Å². The molecule has 0 amide bonds. The second-order valence-electron chi connectivity index (χ2n) is 5.45. The van der Waals surface area contributed by atoms with E-state index in [0.717, 1.165) is 29.9 Å². The molecule has 1 fully saturated rings. The second kappa shape index (κ2) is 5.88. The van der Waals surface area contributed by atoms with E-state index in [1.54, 1.807) is 0 Å². The fourth-order valence-corrected chi connectivity index (χ4v) is 3.18. The van der Waals surface area contributed by atoms with Gasteiger partial charge in [-0.15, -0.1) is 0 Å². The van der Waals surface area contributed by atoms with Crippen molar-refractivity contribution in [3.8, 4) is 0 Å². The van der Waals surface area contributed by atoms with Crippen LogP contribution in [0.2, 0.25) is 5.02 Å². The lowest BCUT2D eigenvalue weighted by Crippen LogP contribution is -2.22. The molecule has 1 aliphatic carbocycles. The lowest BCUT2D eigenvalue weighted by atomic mass is 9.77. The van der Waals surface area contributed by atoms with Gasteiger partial charge in [-0.05, 0) is 62.3 Å². The van der Waals surface area contributed by atoms with Crippen molar-refractivity contribution in [3.63, 3.8) is 0 Å². The first-order valence-corrected chi connectivity index (χ1v) is 7.30. The van der Waals surface area contributed by atoms with Gasteiger partial charge in [-0.2, -0.15) is 0 Å². The minimum atomic E-state index is 0.229. The van der Waals surface area contributed by atoms with Crippen LogP contribution in [0.25, 0.3) is 0 Å².